The summed E-state index contributed by atoms with van der Waals surface area (Å²) in [6, 6.07) is 10.3. The molecule has 154 valence electrons. The van der Waals surface area contributed by atoms with E-state index in [9.17, 15) is 22.8 Å². The number of esters is 2. The van der Waals surface area contributed by atoms with E-state index in [4.69, 9.17) is 4.74 Å². The third-order valence-electron chi connectivity index (χ3n) is 4.09. The van der Waals surface area contributed by atoms with Gasteiger partial charge < -0.3 is 14.8 Å². The van der Waals surface area contributed by atoms with Crippen molar-refractivity contribution in [3.05, 3.63) is 59.2 Å². The number of rotatable bonds is 7. The lowest BCUT2D eigenvalue weighted by molar-refractivity contribution is -0.119. The number of carbonyl (C=O) groups excluding carboxylic acids is 3. The second-order valence-corrected chi connectivity index (χ2v) is 8.29. The first-order valence-corrected chi connectivity index (χ1v) is 10.3. The van der Waals surface area contributed by atoms with Gasteiger partial charge in [-0.15, -0.1) is 0 Å². The van der Waals surface area contributed by atoms with E-state index in [0.29, 0.717) is 11.3 Å². The molecule has 2 rings (SSSR count). The number of ether oxygens (including phenoxy) is 2. The number of hydrogen-bond acceptors (Lipinski definition) is 7. The number of aryl methyl sites for hydroxylation is 1. The van der Waals surface area contributed by atoms with Gasteiger partial charge in [-0.3, -0.25) is 4.79 Å². The Labute approximate surface area is 168 Å². The van der Waals surface area contributed by atoms with E-state index >= 15 is 0 Å². The normalized spacial score (nSPS) is 10.9. The first kappa shape index (κ1) is 22.1. The number of sulfone groups is 1. The molecule has 2 aromatic carbocycles. The zero-order valence-electron chi connectivity index (χ0n) is 16.2. The Morgan fingerprint density at radius 3 is 2.38 bits per heavy atom. The average Bonchev–Trinajstić information content (AvgIpc) is 2.73. The van der Waals surface area contributed by atoms with Crippen LogP contribution in [0, 0.1) is 6.92 Å². The minimum Gasteiger partial charge on any atom is -0.465 e. The van der Waals surface area contributed by atoms with Gasteiger partial charge in [0.15, 0.2) is 16.4 Å². The van der Waals surface area contributed by atoms with Crippen LogP contribution in [0.1, 0.15) is 33.2 Å². The lowest BCUT2D eigenvalue weighted by Gasteiger charge is -2.11. The Hall–Kier alpha value is -3.20. The molecule has 2 aromatic rings. The van der Waals surface area contributed by atoms with Gasteiger partial charge in [-0.25, -0.2) is 18.0 Å². The van der Waals surface area contributed by atoms with E-state index in [1.807, 2.05) is 0 Å². The van der Waals surface area contributed by atoms with Crippen molar-refractivity contribution in [2.45, 2.75) is 18.7 Å². The second kappa shape index (κ2) is 9.33. The fraction of sp³-hybridized carbons (Fsp3) is 0.250. The van der Waals surface area contributed by atoms with Gasteiger partial charge in [0.2, 0.25) is 0 Å². The van der Waals surface area contributed by atoms with Crippen LogP contribution in [0.2, 0.25) is 0 Å². The molecule has 1 amide bonds. The standard InChI is InChI=1S/C20H21NO7S/c1-4-29(25,26)17-8-6-5-7-15(17)20(24)28-12-18(22)21-16-11-14(19(23)27-3)10-9-13(16)2/h5-11H,4,12H2,1-3H3,(H,21,22). The maximum absolute atomic E-state index is 12.3. The summed E-state index contributed by atoms with van der Waals surface area (Å²) in [6.45, 7) is 2.57. The van der Waals surface area contributed by atoms with Crippen LogP contribution in [0.15, 0.2) is 47.4 Å². The number of nitrogens with one attached hydrogen (secondary N) is 1. The molecule has 29 heavy (non-hydrogen) atoms. The zero-order chi connectivity index (χ0) is 21.6. The maximum Gasteiger partial charge on any atom is 0.339 e. The van der Waals surface area contributed by atoms with E-state index in [-0.39, 0.29) is 21.8 Å². The van der Waals surface area contributed by atoms with E-state index < -0.39 is 34.3 Å². The zero-order valence-corrected chi connectivity index (χ0v) is 17.0. The van der Waals surface area contributed by atoms with Crippen LogP contribution >= 0.6 is 0 Å². The van der Waals surface area contributed by atoms with Crippen LogP contribution in [0.5, 0.6) is 0 Å². The molecule has 0 saturated carbocycles. The fourth-order valence-electron chi connectivity index (χ4n) is 2.46. The maximum atomic E-state index is 12.3. The fourth-order valence-corrected chi connectivity index (χ4v) is 3.54. The highest BCUT2D eigenvalue weighted by Gasteiger charge is 2.22. The van der Waals surface area contributed by atoms with Gasteiger partial charge in [-0.05, 0) is 36.8 Å². The van der Waals surface area contributed by atoms with E-state index in [1.54, 1.807) is 19.1 Å². The molecule has 0 aromatic heterocycles. The van der Waals surface area contributed by atoms with Gasteiger partial charge >= 0.3 is 11.9 Å². The molecule has 0 atom stereocenters. The van der Waals surface area contributed by atoms with Crippen LogP contribution in [0.25, 0.3) is 0 Å². The lowest BCUT2D eigenvalue weighted by atomic mass is 10.1. The third-order valence-corrected chi connectivity index (χ3v) is 5.88. The Balaban J connectivity index is 2.09. The molecule has 0 radical (unpaired) electrons. The van der Waals surface area contributed by atoms with Gasteiger partial charge in [-0.2, -0.15) is 0 Å². The van der Waals surface area contributed by atoms with Crippen molar-refractivity contribution in [2.24, 2.45) is 0 Å². The van der Waals surface area contributed by atoms with Gasteiger partial charge in [0.1, 0.15) is 0 Å². The molecule has 0 spiro atoms. The van der Waals surface area contributed by atoms with Crippen molar-refractivity contribution >= 4 is 33.4 Å². The van der Waals surface area contributed by atoms with Gasteiger partial charge in [0.05, 0.1) is 28.9 Å². The van der Waals surface area contributed by atoms with E-state index in [1.165, 1.54) is 44.4 Å². The largest absolute Gasteiger partial charge is 0.465 e. The summed E-state index contributed by atoms with van der Waals surface area (Å²) in [4.78, 5) is 35.9. The predicted octanol–water partition coefficient (Wildman–Crippen LogP) is 2.37. The Kier molecular flexibility index (Phi) is 7.11. The van der Waals surface area contributed by atoms with Crippen LogP contribution < -0.4 is 5.32 Å². The van der Waals surface area contributed by atoms with Crippen molar-refractivity contribution in [1.29, 1.82) is 0 Å². The SMILES string of the molecule is CCS(=O)(=O)c1ccccc1C(=O)OCC(=O)Nc1cc(C(=O)OC)ccc1C. The summed E-state index contributed by atoms with van der Waals surface area (Å²) in [6.07, 6.45) is 0. The summed E-state index contributed by atoms with van der Waals surface area (Å²) in [5.74, 6) is -2.29. The highest BCUT2D eigenvalue weighted by atomic mass is 32.2. The van der Waals surface area contributed by atoms with E-state index in [2.05, 4.69) is 10.1 Å². The number of benzene rings is 2. The van der Waals surface area contributed by atoms with Crippen LogP contribution in [0.4, 0.5) is 5.69 Å². The Morgan fingerprint density at radius 1 is 1.03 bits per heavy atom. The van der Waals surface area contributed by atoms with Crippen molar-refractivity contribution in [3.63, 3.8) is 0 Å². The molecule has 0 aliphatic heterocycles. The first-order chi connectivity index (χ1) is 13.7. The van der Waals surface area contributed by atoms with Crippen molar-refractivity contribution in [2.75, 3.05) is 24.8 Å². The van der Waals surface area contributed by atoms with Gasteiger partial charge in [-0.1, -0.05) is 25.1 Å². The summed E-state index contributed by atoms with van der Waals surface area (Å²) in [7, 11) is -2.38. The quantitative estimate of drug-likeness (QED) is 0.685. The van der Waals surface area contributed by atoms with Crippen LogP contribution in [-0.2, 0) is 24.1 Å². The van der Waals surface area contributed by atoms with Crippen molar-refractivity contribution in [1.82, 2.24) is 0 Å². The smallest absolute Gasteiger partial charge is 0.339 e. The minimum absolute atomic E-state index is 0.133. The lowest BCUT2D eigenvalue weighted by Crippen LogP contribution is -2.22. The van der Waals surface area contributed by atoms with Gasteiger partial charge in [0, 0.05) is 5.69 Å². The summed E-state index contributed by atoms with van der Waals surface area (Å²) in [5.41, 5.74) is 1.18. The molecular weight excluding hydrogens is 398 g/mol. The molecule has 1 N–H and O–H groups in total. The molecule has 0 bridgehead atoms. The van der Waals surface area contributed by atoms with E-state index in [0.717, 1.165) is 0 Å². The van der Waals surface area contributed by atoms with Crippen molar-refractivity contribution in [3.8, 4) is 0 Å². The second-order valence-electron chi connectivity index (χ2n) is 6.05. The van der Waals surface area contributed by atoms with Crippen LogP contribution in [-0.4, -0.2) is 45.7 Å². The Bertz CT molecular complexity index is 1040. The molecular formula is C20H21NO7S. The average molecular weight is 419 g/mol. The highest BCUT2D eigenvalue weighted by Crippen LogP contribution is 2.19. The molecule has 0 unspecified atom stereocenters. The van der Waals surface area contributed by atoms with Crippen LogP contribution in [0.3, 0.4) is 0 Å². The summed E-state index contributed by atoms with van der Waals surface area (Å²) >= 11 is 0. The molecule has 0 aliphatic rings. The van der Waals surface area contributed by atoms with Crippen molar-refractivity contribution < 1.29 is 32.3 Å². The third kappa shape index (κ3) is 5.41. The number of amides is 1. The number of carbonyl (C=O) groups is 3. The topological polar surface area (TPSA) is 116 Å². The summed E-state index contributed by atoms with van der Waals surface area (Å²) in [5, 5.41) is 2.55. The number of methoxy groups -OCH3 is 1. The summed E-state index contributed by atoms with van der Waals surface area (Å²) < 4.78 is 33.9. The molecule has 0 heterocycles. The molecule has 0 saturated heterocycles. The molecule has 8 nitrogen and oxygen atoms in total. The predicted molar refractivity (Wildman–Crippen MR) is 106 cm³/mol. The molecule has 0 aliphatic carbocycles. The Morgan fingerprint density at radius 2 is 1.72 bits per heavy atom. The number of anilines is 1. The molecule has 0 fully saturated rings. The monoisotopic (exact) mass is 419 g/mol. The first-order valence-electron chi connectivity index (χ1n) is 8.67. The minimum atomic E-state index is -3.63. The number of hydrogen-bond donors (Lipinski definition) is 1. The highest BCUT2D eigenvalue weighted by molar-refractivity contribution is 7.91. The molecule has 9 heteroatoms. The van der Waals surface area contributed by atoms with Gasteiger partial charge in [0.25, 0.3) is 5.91 Å².